The molecular formula is C19H16FN3O3. The number of nitrogens with zero attached hydrogens (tertiary/aromatic N) is 3. The van der Waals surface area contributed by atoms with Crippen molar-refractivity contribution in [1.82, 2.24) is 9.97 Å². The van der Waals surface area contributed by atoms with E-state index in [1.165, 1.54) is 0 Å². The Hall–Kier alpha value is -3.48. The van der Waals surface area contributed by atoms with Crippen molar-refractivity contribution in [3.05, 3.63) is 71.7 Å². The molecule has 0 saturated heterocycles. The number of hydrogen-bond donors (Lipinski definition) is 1. The fourth-order valence-electron chi connectivity index (χ4n) is 2.34. The number of carboxylic acids is 1. The first-order valence-electron chi connectivity index (χ1n) is 7.79. The quantitative estimate of drug-likeness (QED) is 0.741. The number of carboxylic acid groups (broad SMARTS) is 1. The molecule has 132 valence electrons. The van der Waals surface area contributed by atoms with E-state index in [2.05, 4.69) is 9.97 Å². The summed E-state index contributed by atoms with van der Waals surface area (Å²) in [6.45, 7) is 1.76. The molecule has 6 nitrogen and oxygen atoms in total. The number of aromatic carboxylic acids is 1. The van der Waals surface area contributed by atoms with Gasteiger partial charge < -0.3 is 14.7 Å². The van der Waals surface area contributed by atoms with Gasteiger partial charge in [-0.05, 0) is 37.3 Å². The third-order valence-corrected chi connectivity index (χ3v) is 3.69. The Bertz CT molecular complexity index is 948. The molecule has 0 amide bonds. The third-order valence-electron chi connectivity index (χ3n) is 3.69. The Labute approximate surface area is 149 Å². The van der Waals surface area contributed by atoms with Gasteiger partial charge >= 0.3 is 12.0 Å². The van der Waals surface area contributed by atoms with Crippen LogP contribution in [0, 0.1) is 12.7 Å². The van der Waals surface area contributed by atoms with E-state index >= 15 is 0 Å². The van der Waals surface area contributed by atoms with Crippen LogP contribution >= 0.6 is 0 Å². The molecule has 0 bridgehead atoms. The highest BCUT2D eigenvalue weighted by Gasteiger charge is 2.14. The maximum Gasteiger partial charge on any atom is 0.335 e. The van der Waals surface area contributed by atoms with Crippen LogP contribution in [0.25, 0.3) is 0 Å². The highest BCUT2D eigenvalue weighted by Crippen LogP contribution is 2.27. The lowest BCUT2D eigenvalue weighted by atomic mass is 10.2. The molecule has 3 aromatic rings. The molecule has 7 heteroatoms. The van der Waals surface area contributed by atoms with Gasteiger partial charge in [-0.1, -0.05) is 18.2 Å². The van der Waals surface area contributed by atoms with Crippen LogP contribution in [-0.4, -0.2) is 28.1 Å². The predicted octanol–water partition coefficient (Wildman–Crippen LogP) is 4.18. The molecule has 1 aromatic heterocycles. The molecule has 0 fully saturated rings. The number of para-hydroxylation sites is 1. The molecule has 2 aromatic carbocycles. The first kappa shape index (κ1) is 17.3. The van der Waals surface area contributed by atoms with Gasteiger partial charge in [-0.2, -0.15) is 4.98 Å². The molecule has 0 aliphatic carbocycles. The number of halogens is 1. The lowest BCUT2D eigenvalue weighted by molar-refractivity contribution is 0.0696. The van der Waals surface area contributed by atoms with E-state index in [9.17, 15) is 9.18 Å². The highest BCUT2D eigenvalue weighted by molar-refractivity contribution is 5.88. The van der Waals surface area contributed by atoms with Crippen LogP contribution in [0.15, 0.2) is 54.6 Å². The van der Waals surface area contributed by atoms with Crippen LogP contribution < -0.4 is 9.64 Å². The molecule has 3 rings (SSSR count). The van der Waals surface area contributed by atoms with Crippen LogP contribution in [0.3, 0.4) is 0 Å². The van der Waals surface area contributed by atoms with Gasteiger partial charge in [-0.3, -0.25) is 0 Å². The van der Waals surface area contributed by atoms with Crippen molar-refractivity contribution in [3.63, 3.8) is 0 Å². The van der Waals surface area contributed by atoms with Gasteiger partial charge in [0.15, 0.2) is 11.6 Å². The molecule has 0 aliphatic heterocycles. The molecule has 0 saturated carbocycles. The second-order valence-corrected chi connectivity index (χ2v) is 5.60. The minimum atomic E-state index is -1.18. The van der Waals surface area contributed by atoms with Gasteiger partial charge in [0.05, 0.1) is 5.56 Å². The van der Waals surface area contributed by atoms with Crippen LogP contribution in [0.1, 0.15) is 16.1 Å². The second-order valence-electron chi connectivity index (χ2n) is 5.60. The molecule has 0 unspecified atom stereocenters. The summed E-state index contributed by atoms with van der Waals surface area (Å²) in [5.41, 5.74) is 1.45. The van der Waals surface area contributed by atoms with E-state index in [0.717, 1.165) is 23.9 Å². The average Bonchev–Trinajstić information content (AvgIpc) is 2.63. The summed E-state index contributed by atoms with van der Waals surface area (Å²) < 4.78 is 19.4. The normalized spacial score (nSPS) is 10.4. The topological polar surface area (TPSA) is 75.6 Å². The lowest BCUT2D eigenvalue weighted by Gasteiger charge is -2.19. The molecule has 0 spiro atoms. The Morgan fingerprint density at radius 2 is 1.85 bits per heavy atom. The summed E-state index contributed by atoms with van der Waals surface area (Å²) in [6.07, 6.45) is 0. The molecule has 0 radical (unpaired) electrons. The summed E-state index contributed by atoms with van der Waals surface area (Å²) in [5.74, 6) is -1.56. The fourth-order valence-corrected chi connectivity index (χ4v) is 2.34. The lowest BCUT2D eigenvalue weighted by Crippen LogP contribution is -2.12. The maximum absolute atomic E-state index is 14.0. The van der Waals surface area contributed by atoms with Gasteiger partial charge in [0, 0.05) is 24.5 Å². The first-order chi connectivity index (χ1) is 12.4. The zero-order valence-electron chi connectivity index (χ0n) is 14.2. The zero-order valence-corrected chi connectivity index (χ0v) is 14.2. The Morgan fingerprint density at radius 1 is 1.12 bits per heavy atom. The van der Waals surface area contributed by atoms with Gasteiger partial charge in [-0.15, -0.1) is 0 Å². The van der Waals surface area contributed by atoms with E-state index in [-0.39, 0.29) is 17.3 Å². The Morgan fingerprint density at radius 3 is 2.54 bits per heavy atom. The monoisotopic (exact) mass is 353 g/mol. The molecule has 1 heterocycles. The maximum atomic E-state index is 14.0. The van der Waals surface area contributed by atoms with Crippen molar-refractivity contribution >= 4 is 17.5 Å². The van der Waals surface area contributed by atoms with E-state index in [4.69, 9.17) is 9.84 Å². The van der Waals surface area contributed by atoms with Gasteiger partial charge in [0.1, 0.15) is 5.82 Å². The molecule has 26 heavy (non-hydrogen) atoms. The van der Waals surface area contributed by atoms with E-state index in [1.54, 1.807) is 13.0 Å². The summed E-state index contributed by atoms with van der Waals surface area (Å²) in [4.78, 5) is 21.3. The zero-order chi connectivity index (χ0) is 18.7. The van der Waals surface area contributed by atoms with Crippen molar-refractivity contribution in [1.29, 1.82) is 0 Å². The summed E-state index contributed by atoms with van der Waals surface area (Å²) in [5, 5.41) is 9.04. The number of rotatable bonds is 5. The average molecular weight is 353 g/mol. The van der Waals surface area contributed by atoms with Crippen molar-refractivity contribution in [3.8, 4) is 11.8 Å². The molecule has 0 atom stereocenters. The Kier molecular flexibility index (Phi) is 4.79. The van der Waals surface area contributed by atoms with Gasteiger partial charge in [0.25, 0.3) is 0 Å². The van der Waals surface area contributed by atoms with Crippen LogP contribution in [0.4, 0.5) is 15.9 Å². The number of aryl methyl sites for hydroxylation is 1. The summed E-state index contributed by atoms with van der Waals surface area (Å²) >= 11 is 0. The van der Waals surface area contributed by atoms with Crippen LogP contribution in [0.2, 0.25) is 0 Å². The van der Waals surface area contributed by atoms with Gasteiger partial charge in [0.2, 0.25) is 0 Å². The number of carbonyl (C=O) groups is 1. The second kappa shape index (κ2) is 7.18. The number of benzene rings is 2. The first-order valence-corrected chi connectivity index (χ1v) is 7.79. The third kappa shape index (κ3) is 3.77. The molecule has 0 aliphatic rings. The smallest absolute Gasteiger partial charge is 0.335 e. The number of ether oxygens (including phenoxy) is 1. The summed E-state index contributed by atoms with van der Waals surface area (Å²) in [6, 6.07) is 14.6. The minimum absolute atomic E-state index is 0.0655. The highest BCUT2D eigenvalue weighted by atomic mass is 19.1. The number of aromatic nitrogens is 2. The predicted molar refractivity (Wildman–Crippen MR) is 94.7 cm³/mol. The van der Waals surface area contributed by atoms with E-state index in [0.29, 0.717) is 11.5 Å². The van der Waals surface area contributed by atoms with Crippen molar-refractivity contribution in [2.45, 2.75) is 6.92 Å². The molecular weight excluding hydrogens is 337 g/mol. The van der Waals surface area contributed by atoms with E-state index < -0.39 is 11.8 Å². The minimum Gasteiger partial charge on any atom is -0.478 e. The van der Waals surface area contributed by atoms with Crippen molar-refractivity contribution < 1.29 is 19.0 Å². The number of hydrogen-bond acceptors (Lipinski definition) is 5. The SMILES string of the molecule is Cc1cc(N(C)c2ccccc2)nc(Oc2cc(C(=O)O)ccc2F)n1. The fraction of sp³-hybridized carbons (Fsp3) is 0.105. The number of anilines is 2. The summed E-state index contributed by atoms with van der Waals surface area (Å²) in [7, 11) is 1.84. The van der Waals surface area contributed by atoms with E-state index in [1.807, 2.05) is 42.3 Å². The standard InChI is InChI=1S/C19H16FN3O3/c1-12-10-17(23(2)14-6-4-3-5-7-14)22-19(21-12)26-16-11-13(18(24)25)8-9-15(16)20/h3-11H,1-2H3,(H,24,25). The van der Waals surface area contributed by atoms with Crippen molar-refractivity contribution in [2.24, 2.45) is 0 Å². The van der Waals surface area contributed by atoms with Crippen LogP contribution in [-0.2, 0) is 0 Å². The van der Waals surface area contributed by atoms with Crippen molar-refractivity contribution in [2.75, 3.05) is 11.9 Å². The Balaban J connectivity index is 1.94. The van der Waals surface area contributed by atoms with Crippen LogP contribution in [0.5, 0.6) is 11.8 Å². The molecule has 1 N–H and O–H groups in total. The van der Waals surface area contributed by atoms with Gasteiger partial charge in [-0.25, -0.2) is 14.2 Å². The largest absolute Gasteiger partial charge is 0.478 e.